The summed E-state index contributed by atoms with van der Waals surface area (Å²) < 4.78 is 2.27. The Labute approximate surface area is 235 Å². The van der Waals surface area contributed by atoms with Crippen molar-refractivity contribution in [3.63, 3.8) is 0 Å². The maximum atomic E-state index is 12.9. The number of imidazole rings is 1. The summed E-state index contributed by atoms with van der Waals surface area (Å²) in [5.74, 6) is 1.57. The number of benzene rings is 2. The fourth-order valence-electron chi connectivity index (χ4n) is 7.12. The Balaban J connectivity index is 1.04. The number of amides is 2. The molecule has 6 nitrogen and oxygen atoms in total. The Morgan fingerprint density at radius 2 is 1.30 bits per heavy atom. The van der Waals surface area contributed by atoms with Gasteiger partial charge in [0.25, 0.3) is 0 Å². The number of carbonyl (C=O) groups is 2. The lowest BCUT2D eigenvalue weighted by Gasteiger charge is -2.32. The molecular formula is C34H36N4O2. The quantitative estimate of drug-likeness (QED) is 0.285. The summed E-state index contributed by atoms with van der Waals surface area (Å²) in [6, 6.07) is 25.5. The van der Waals surface area contributed by atoms with Gasteiger partial charge >= 0.3 is 0 Å². The van der Waals surface area contributed by atoms with E-state index in [4.69, 9.17) is 4.98 Å². The molecule has 7 rings (SSSR count). The summed E-state index contributed by atoms with van der Waals surface area (Å²) in [4.78, 5) is 35.0. The monoisotopic (exact) mass is 532 g/mol. The van der Waals surface area contributed by atoms with Crippen molar-refractivity contribution in [2.24, 2.45) is 11.8 Å². The summed E-state index contributed by atoms with van der Waals surface area (Å²) in [5.41, 5.74) is 5.72. The van der Waals surface area contributed by atoms with Crippen molar-refractivity contribution in [2.45, 2.75) is 44.4 Å². The minimum Gasteiger partial charge on any atom is -0.303 e. The standard InChI is InChI=1S/C34H36N4O2/c39-33-28-10-4-5-11-29(28)34(40)38(33)23-22-36-20-17-27(18-21-36)32-35-31(30-12-6-7-19-37(30)32)26-15-13-25(14-16-26)24-8-2-1-3-9-24/h1-3,6-9,12-16,19,27-29H,4-5,10-11,17-18,20-23H2. The number of likely N-dealkylation sites (tertiary alicyclic amines) is 2. The van der Waals surface area contributed by atoms with Gasteiger partial charge in [-0.15, -0.1) is 0 Å². The van der Waals surface area contributed by atoms with E-state index in [1.54, 1.807) is 4.90 Å². The summed E-state index contributed by atoms with van der Waals surface area (Å²) >= 11 is 0. The molecular weight excluding hydrogens is 496 g/mol. The first kappa shape index (κ1) is 25.2. The first-order valence-electron chi connectivity index (χ1n) is 14.9. The van der Waals surface area contributed by atoms with Crippen molar-refractivity contribution in [2.75, 3.05) is 26.2 Å². The molecule has 2 unspecified atom stereocenters. The number of piperidine rings is 1. The maximum absolute atomic E-state index is 12.9. The van der Waals surface area contributed by atoms with E-state index in [9.17, 15) is 9.59 Å². The van der Waals surface area contributed by atoms with Gasteiger partial charge < -0.3 is 9.30 Å². The Bertz CT molecular complexity index is 1490. The largest absolute Gasteiger partial charge is 0.303 e. The Kier molecular flexibility index (Phi) is 6.72. The van der Waals surface area contributed by atoms with Gasteiger partial charge in [-0.3, -0.25) is 14.5 Å². The van der Waals surface area contributed by atoms with E-state index in [1.807, 2.05) is 6.07 Å². The van der Waals surface area contributed by atoms with Gasteiger partial charge in [0, 0.05) is 30.8 Å². The van der Waals surface area contributed by atoms with Crippen LogP contribution in [0.25, 0.3) is 27.9 Å². The van der Waals surface area contributed by atoms with Crippen molar-refractivity contribution >= 4 is 17.3 Å². The molecule has 3 aliphatic rings. The topological polar surface area (TPSA) is 57.9 Å². The number of carbonyl (C=O) groups excluding carboxylic acids is 2. The number of pyridine rings is 1. The fraction of sp³-hybridized carbons (Fsp3) is 0.382. The van der Waals surface area contributed by atoms with Crippen LogP contribution in [0.1, 0.15) is 50.3 Å². The van der Waals surface area contributed by atoms with E-state index in [1.165, 1.54) is 11.1 Å². The first-order valence-corrected chi connectivity index (χ1v) is 14.9. The second-order valence-electron chi connectivity index (χ2n) is 11.7. The van der Waals surface area contributed by atoms with Crippen molar-refractivity contribution in [1.82, 2.24) is 19.2 Å². The average molecular weight is 533 g/mol. The second kappa shape index (κ2) is 10.7. The molecule has 2 amide bonds. The molecule has 0 radical (unpaired) electrons. The van der Waals surface area contributed by atoms with Gasteiger partial charge in [0.05, 0.1) is 23.0 Å². The molecule has 2 aromatic heterocycles. The number of imide groups is 1. The fourth-order valence-corrected chi connectivity index (χ4v) is 7.12. The highest BCUT2D eigenvalue weighted by atomic mass is 16.2. The van der Waals surface area contributed by atoms with Gasteiger partial charge in [-0.2, -0.15) is 0 Å². The molecule has 1 saturated carbocycles. The lowest BCUT2D eigenvalue weighted by Crippen LogP contribution is -2.41. The van der Waals surface area contributed by atoms with Crippen LogP contribution in [0, 0.1) is 11.8 Å². The van der Waals surface area contributed by atoms with E-state index >= 15 is 0 Å². The number of hydrogen-bond donors (Lipinski definition) is 0. The van der Waals surface area contributed by atoms with E-state index < -0.39 is 0 Å². The molecule has 40 heavy (non-hydrogen) atoms. The molecule has 2 atom stereocenters. The predicted octanol–water partition coefficient (Wildman–Crippen LogP) is 6.02. The van der Waals surface area contributed by atoms with E-state index in [2.05, 4.69) is 82.2 Å². The third kappa shape index (κ3) is 4.54. The number of rotatable bonds is 6. The molecule has 4 aromatic rings. The second-order valence-corrected chi connectivity index (χ2v) is 11.7. The van der Waals surface area contributed by atoms with Crippen LogP contribution < -0.4 is 0 Å². The minimum atomic E-state index is -0.0514. The molecule has 204 valence electrons. The molecule has 4 heterocycles. The van der Waals surface area contributed by atoms with Gasteiger partial charge in [0.1, 0.15) is 5.82 Å². The normalized spacial score (nSPS) is 22.2. The molecule has 0 N–H and O–H groups in total. The van der Waals surface area contributed by atoms with Crippen molar-refractivity contribution < 1.29 is 9.59 Å². The maximum Gasteiger partial charge on any atom is 0.233 e. The SMILES string of the molecule is O=C1C2CCCCC2C(=O)N1CCN1CCC(c2nc(-c3ccc(-c4ccccc4)cc3)c3ccccn23)CC1. The summed E-state index contributed by atoms with van der Waals surface area (Å²) in [6.45, 7) is 3.21. The molecule has 0 bridgehead atoms. The number of hydrogen-bond acceptors (Lipinski definition) is 4. The van der Waals surface area contributed by atoms with Gasteiger partial charge in [0.15, 0.2) is 0 Å². The zero-order valence-electron chi connectivity index (χ0n) is 22.9. The van der Waals surface area contributed by atoms with Gasteiger partial charge in [-0.1, -0.05) is 73.5 Å². The van der Waals surface area contributed by atoms with Gasteiger partial charge in [-0.25, -0.2) is 4.98 Å². The zero-order chi connectivity index (χ0) is 27.1. The van der Waals surface area contributed by atoms with Crippen molar-refractivity contribution in [1.29, 1.82) is 0 Å². The highest BCUT2D eigenvalue weighted by Gasteiger charge is 2.47. The smallest absolute Gasteiger partial charge is 0.233 e. The third-order valence-electron chi connectivity index (χ3n) is 9.37. The lowest BCUT2D eigenvalue weighted by atomic mass is 9.81. The van der Waals surface area contributed by atoms with Crippen LogP contribution in [0.4, 0.5) is 0 Å². The van der Waals surface area contributed by atoms with Crippen LogP contribution >= 0.6 is 0 Å². The molecule has 0 spiro atoms. The molecule has 2 saturated heterocycles. The van der Waals surface area contributed by atoms with Crippen LogP contribution in [0.2, 0.25) is 0 Å². The van der Waals surface area contributed by atoms with Crippen LogP contribution in [0.5, 0.6) is 0 Å². The highest BCUT2D eigenvalue weighted by Crippen LogP contribution is 2.38. The van der Waals surface area contributed by atoms with Gasteiger partial charge in [-0.05, 0) is 62.0 Å². The van der Waals surface area contributed by atoms with Crippen LogP contribution in [0.15, 0.2) is 79.0 Å². The van der Waals surface area contributed by atoms with Crippen molar-refractivity contribution in [3.8, 4) is 22.4 Å². The third-order valence-corrected chi connectivity index (χ3v) is 9.37. The molecule has 1 aliphatic carbocycles. The minimum absolute atomic E-state index is 0.0514. The van der Waals surface area contributed by atoms with E-state index in [-0.39, 0.29) is 23.7 Å². The Morgan fingerprint density at radius 3 is 2.00 bits per heavy atom. The highest BCUT2D eigenvalue weighted by molar-refractivity contribution is 6.05. The summed E-state index contributed by atoms with van der Waals surface area (Å²) in [5, 5.41) is 0. The predicted molar refractivity (Wildman–Crippen MR) is 157 cm³/mol. The molecule has 2 aliphatic heterocycles. The van der Waals surface area contributed by atoms with E-state index in [0.717, 1.165) is 80.8 Å². The number of aromatic nitrogens is 2. The van der Waals surface area contributed by atoms with Crippen LogP contribution in [-0.4, -0.2) is 57.2 Å². The molecule has 2 aromatic carbocycles. The zero-order valence-corrected chi connectivity index (χ0v) is 22.9. The summed E-state index contributed by atoms with van der Waals surface area (Å²) in [6.07, 6.45) is 8.09. The number of fused-ring (bicyclic) bond motifs is 2. The Hall–Kier alpha value is -3.77. The van der Waals surface area contributed by atoms with Gasteiger partial charge in [0.2, 0.25) is 11.8 Å². The lowest BCUT2D eigenvalue weighted by molar-refractivity contribution is -0.140. The first-order chi connectivity index (χ1) is 19.7. The average Bonchev–Trinajstić information content (AvgIpc) is 3.52. The van der Waals surface area contributed by atoms with Crippen LogP contribution in [0.3, 0.4) is 0 Å². The molecule has 3 fully saturated rings. The van der Waals surface area contributed by atoms with Crippen molar-refractivity contribution in [3.05, 3.63) is 84.8 Å². The summed E-state index contributed by atoms with van der Waals surface area (Å²) in [7, 11) is 0. The number of nitrogens with zero attached hydrogens (tertiary/aromatic N) is 4. The Morgan fingerprint density at radius 1 is 0.675 bits per heavy atom. The van der Waals surface area contributed by atoms with Crippen LogP contribution in [-0.2, 0) is 9.59 Å². The molecule has 6 heteroatoms. The van der Waals surface area contributed by atoms with E-state index in [0.29, 0.717) is 12.5 Å².